The molecule has 2 bridgehead atoms. The Labute approximate surface area is 372 Å². The Morgan fingerprint density at radius 2 is 1.84 bits per heavy atom. The van der Waals surface area contributed by atoms with Gasteiger partial charge in [0.2, 0.25) is 5.91 Å². The number of hydrogen-bond acceptors (Lipinski definition) is 11. The second-order valence-electron chi connectivity index (χ2n) is 19.5. The first-order valence-electron chi connectivity index (χ1n) is 23.6. The van der Waals surface area contributed by atoms with E-state index < -0.39 is 12.1 Å². The minimum absolute atomic E-state index is 0.0220. The van der Waals surface area contributed by atoms with Gasteiger partial charge in [-0.25, -0.2) is 0 Å². The number of carbonyl (C=O) groups excluding carboxylic acids is 1. The molecule has 6 aliphatic rings. The third-order valence-electron chi connectivity index (χ3n) is 14.8. The topological polar surface area (TPSA) is 156 Å². The molecule has 3 aromatic carbocycles. The number of likely N-dealkylation sites (tertiary alicyclic amines) is 1. The van der Waals surface area contributed by atoms with Crippen LogP contribution in [0.15, 0.2) is 48.8 Å². The van der Waals surface area contributed by atoms with Crippen LogP contribution in [0.5, 0.6) is 11.8 Å². The van der Waals surface area contributed by atoms with E-state index in [2.05, 4.69) is 77.6 Å². The number of β-amino-alcohol motifs (C(OH)–C–C–N with tert-alkyl or cyclic N) is 1. The summed E-state index contributed by atoms with van der Waals surface area (Å²) in [6.45, 7) is 10.8. The highest BCUT2D eigenvalue weighted by Gasteiger charge is 2.41. The molecule has 1 saturated carbocycles. The van der Waals surface area contributed by atoms with Gasteiger partial charge in [-0.1, -0.05) is 38.1 Å². The maximum atomic E-state index is 13.9. The smallest absolute Gasteiger partial charge is 0.319 e. The van der Waals surface area contributed by atoms with E-state index in [9.17, 15) is 9.90 Å². The Morgan fingerprint density at radius 1 is 0.969 bits per heavy atom. The maximum Gasteiger partial charge on any atom is 0.319 e. The number of aromatic amines is 1. The molecule has 332 valence electrons. The number of rotatable bonds is 11. The standard InChI is InChI=1S/C50H57N9O5/c1-27(2)46(49(61)57-15-12-34(60)25-57)59-42-11-8-31-18-29(5-9-36(31)39(42)23-53-59)26-63-47-44(43-28(3)4-10-41-40(43)22-52-56-41)37(30-6-7-30)20-38-45(47)54-50(64-35-13-16-62-17-14-35)55-48(38)58-24-32-19-33(58)21-51-32/h4-5,9-10,18,20,22-23,27,30,32-35,46,51,60H,6-8,11-17,19,21,24-26H2,1-3H3,(H,52,56). The van der Waals surface area contributed by atoms with Gasteiger partial charge in [-0.05, 0) is 103 Å². The van der Waals surface area contributed by atoms with Crippen molar-refractivity contribution in [2.24, 2.45) is 5.92 Å². The second kappa shape index (κ2) is 15.8. The summed E-state index contributed by atoms with van der Waals surface area (Å²) in [5.41, 5.74) is 12.0. The van der Waals surface area contributed by atoms with Crippen LogP contribution in [0.1, 0.15) is 92.3 Å². The number of amides is 1. The van der Waals surface area contributed by atoms with Gasteiger partial charge in [-0.15, -0.1) is 0 Å². The maximum absolute atomic E-state index is 13.9. The van der Waals surface area contributed by atoms with Crippen molar-refractivity contribution in [1.82, 2.24) is 40.2 Å². The van der Waals surface area contributed by atoms with Crippen LogP contribution >= 0.6 is 0 Å². The summed E-state index contributed by atoms with van der Waals surface area (Å²) < 4.78 is 21.7. The van der Waals surface area contributed by atoms with E-state index >= 15 is 0 Å². The number of benzene rings is 3. The van der Waals surface area contributed by atoms with Crippen molar-refractivity contribution in [3.05, 3.63) is 76.7 Å². The van der Waals surface area contributed by atoms with E-state index in [0.29, 0.717) is 63.3 Å². The average molecular weight is 864 g/mol. The van der Waals surface area contributed by atoms with Gasteiger partial charge in [0, 0.05) is 78.7 Å². The number of piperazine rings is 1. The predicted molar refractivity (Wildman–Crippen MR) is 244 cm³/mol. The lowest BCUT2D eigenvalue weighted by atomic mass is 9.88. The van der Waals surface area contributed by atoms with E-state index in [1.165, 1.54) is 11.1 Å². The minimum atomic E-state index is -0.460. The van der Waals surface area contributed by atoms with Crippen molar-refractivity contribution in [3.63, 3.8) is 0 Å². The molecular formula is C50H57N9O5. The number of nitrogens with one attached hydrogen (secondary N) is 2. The molecule has 0 spiro atoms. The Bertz CT molecular complexity index is 2790. The number of carbonyl (C=O) groups is 1. The highest BCUT2D eigenvalue weighted by molar-refractivity contribution is 6.06. The van der Waals surface area contributed by atoms with E-state index in [1.54, 1.807) is 4.90 Å². The Balaban J connectivity index is 0.957. The van der Waals surface area contributed by atoms with Crippen molar-refractivity contribution >= 4 is 33.5 Å². The molecule has 12 rings (SSSR count). The summed E-state index contributed by atoms with van der Waals surface area (Å²) in [6, 6.07) is 14.1. The molecule has 14 nitrogen and oxygen atoms in total. The molecule has 2 aliphatic carbocycles. The zero-order valence-electron chi connectivity index (χ0n) is 37.0. The number of fused-ring (bicyclic) bond motifs is 7. The molecule has 14 heteroatoms. The van der Waals surface area contributed by atoms with Crippen molar-refractivity contribution in [3.8, 4) is 34.0 Å². The molecule has 0 radical (unpaired) electrons. The molecule has 4 atom stereocenters. The highest BCUT2D eigenvalue weighted by atomic mass is 16.5. The summed E-state index contributed by atoms with van der Waals surface area (Å²) in [4.78, 5) is 28.8. The fraction of sp³-hybridized carbons (Fsp3) is 0.500. The SMILES string of the molecule is Cc1ccc2[nH]ncc2c1-c1c(C2CC2)cc2c(N3CC4CC3CN4)nc(OC3CCOCC3)nc2c1OCc1ccc2c(c1)CCc1c-2cnn1C(C(=O)N1CCC(O)C1)C(C)C. The van der Waals surface area contributed by atoms with Gasteiger partial charge in [0.15, 0.2) is 5.75 Å². The van der Waals surface area contributed by atoms with E-state index in [0.717, 1.165) is 130 Å². The van der Waals surface area contributed by atoms with E-state index in [4.69, 9.17) is 29.3 Å². The van der Waals surface area contributed by atoms with Crippen LogP contribution in [0.25, 0.3) is 44.1 Å². The van der Waals surface area contributed by atoms with Crippen molar-refractivity contribution in [2.45, 2.75) is 115 Å². The quantitative estimate of drug-likeness (QED) is 0.126. The van der Waals surface area contributed by atoms with Crippen LogP contribution < -0.4 is 19.7 Å². The molecule has 4 saturated heterocycles. The van der Waals surface area contributed by atoms with Crippen molar-refractivity contribution in [1.29, 1.82) is 0 Å². The summed E-state index contributed by atoms with van der Waals surface area (Å²) >= 11 is 0. The number of aliphatic hydroxyl groups is 1. The number of aryl methyl sites for hydroxylation is 2. The lowest BCUT2D eigenvalue weighted by Crippen LogP contribution is -2.44. The van der Waals surface area contributed by atoms with Crippen LogP contribution in [0.2, 0.25) is 0 Å². The molecule has 3 aromatic heterocycles. The van der Waals surface area contributed by atoms with Crippen molar-refractivity contribution in [2.75, 3.05) is 44.3 Å². The summed E-state index contributed by atoms with van der Waals surface area (Å²) in [5.74, 6) is 2.18. The first-order valence-corrected chi connectivity index (χ1v) is 23.6. The normalized spacial score (nSPS) is 22.5. The van der Waals surface area contributed by atoms with Gasteiger partial charge >= 0.3 is 6.01 Å². The van der Waals surface area contributed by atoms with Crippen LogP contribution in [-0.4, -0.2) is 110 Å². The molecule has 1 amide bonds. The van der Waals surface area contributed by atoms with Gasteiger partial charge in [-0.2, -0.15) is 20.2 Å². The Morgan fingerprint density at radius 3 is 2.61 bits per heavy atom. The molecule has 4 unspecified atom stereocenters. The van der Waals surface area contributed by atoms with E-state index in [1.807, 2.05) is 17.1 Å². The van der Waals surface area contributed by atoms with Gasteiger partial charge < -0.3 is 34.4 Å². The summed E-state index contributed by atoms with van der Waals surface area (Å²) in [6.07, 6.45) is 10.6. The average Bonchev–Trinajstić information content (AvgIpc) is 3.80. The van der Waals surface area contributed by atoms with Gasteiger partial charge in [0.05, 0.1) is 37.2 Å². The third kappa shape index (κ3) is 6.91. The van der Waals surface area contributed by atoms with Crippen LogP contribution in [0, 0.1) is 12.8 Å². The molecule has 4 aliphatic heterocycles. The zero-order chi connectivity index (χ0) is 43.2. The molecule has 5 fully saturated rings. The number of anilines is 1. The van der Waals surface area contributed by atoms with Gasteiger partial charge in [-0.3, -0.25) is 14.6 Å². The zero-order valence-corrected chi connectivity index (χ0v) is 37.0. The Kier molecular flexibility index (Phi) is 9.90. The summed E-state index contributed by atoms with van der Waals surface area (Å²) in [7, 11) is 0. The van der Waals surface area contributed by atoms with E-state index in [-0.39, 0.29) is 17.9 Å². The lowest BCUT2D eigenvalue weighted by molar-refractivity contribution is -0.135. The predicted octanol–water partition coefficient (Wildman–Crippen LogP) is 6.80. The number of ether oxygens (including phenoxy) is 3. The number of H-pyrrole nitrogens is 1. The highest BCUT2D eigenvalue weighted by Crippen LogP contribution is 2.53. The molecule has 64 heavy (non-hydrogen) atoms. The fourth-order valence-corrected chi connectivity index (χ4v) is 11.3. The lowest BCUT2D eigenvalue weighted by Gasteiger charge is -2.31. The largest absolute Gasteiger partial charge is 0.486 e. The third-order valence-corrected chi connectivity index (χ3v) is 14.8. The molecule has 6 aromatic rings. The number of nitrogens with zero attached hydrogens (tertiary/aromatic N) is 7. The van der Waals surface area contributed by atoms with Crippen LogP contribution in [0.3, 0.4) is 0 Å². The Hall–Kier alpha value is -5.57. The summed E-state index contributed by atoms with van der Waals surface area (Å²) in [5, 5.41) is 28.6. The molecule has 3 N–H and O–H groups in total. The van der Waals surface area contributed by atoms with Gasteiger partial charge in [0.1, 0.15) is 30.1 Å². The first kappa shape index (κ1) is 40.0. The van der Waals surface area contributed by atoms with Crippen LogP contribution in [0.4, 0.5) is 5.82 Å². The number of aliphatic hydroxyl groups excluding tert-OH is 1. The number of hydrogen-bond donors (Lipinski definition) is 3. The second-order valence-corrected chi connectivity index (χ2v) is 19.5. The fourth-order valence-electron chi connectivity index (χ4n) is 11.3. The van der Waals surface area contributed by atoms with Crippen LogP contribution in [-0.2, 0) is 29.0 Å². The van der Waals surface area contributed by atoms with Gasteiger partial charge in [0.25, 0.3) is 0 Å². The van der Waals surface area contributed by atoms with Crippen molar-refractivity contribution < 1.29 is 24.1 Å². The molecule has 7 heterocycles. The monoisotopic (exact) mass is 863 g/mol. The first-order chi connectivity index (χ1) is 31.3. The number of aromatic nitrogens is 6. The molecular weight excluding hydrogens is 807 g/mol. The minimum Gasteiger partial charge on any atom is -0.486 e.